The molecule has 0 unspecified atom stereocenters. The van der Waals surface area contributed by atoms with Crippen LogP contribution in [0.25, 0.3) is 0 Å². The van der Waals surface area contributed by atoms with Gasteiger partial charge in [-0.2, -0.15) is 0 Å². The topological polar surface area (TPSA) is 46.2 Å². The molecule has 0 aliphatic heterocycles. The Hall–Kier alpha value is -0.870. The largest absolute Gasteiger partial charge is 0.213 e. The molecule has 0 bridgehead atoms. The normalized spacial score (nSPS) is 11.6. The van der Waals surface area contributed by atoms with Crippen molar-refractivity contribution in [2.75, 3.05) is 6.26 Å². The number of aryl methyl sites for hydroxylation is 1. The van der Waals surface area contributed by atoms with Crippen LogP contribution in [0.15, 0.2) is 18.2 Å². The Morgan fingerprint density at radius 3 is 2.50 bits per heavy atom. The third-order valence-electron chi connectivity index (χ3n) is 2.24. The van der Waals surface area contributed by atoms with Gasteiger partial charge in [0.25, 0.3) is 0 Å². The van der Waals surface area contributed by atoms with E-state index < -0.39 is 10.0 Å². The molecule has 0 fully saturated rings. The zero-order valence-corrected chi connectivity index (χ0v) is 9.48. The number of rotatable bonds is 3. The molecule has 0 aliphatic carbocycles. The fraction of sp³-hybridized carbons (Fsp3) is 0.400. The molecule has 4 heteroatoms. The minimum absolute atomic E-state index is 0.367. The first-order valence-corrected chi connectivity index (χ1v) is 6.29. The molecule has 1 aromatic rings. The van der Waals surface area contributed by atoms with E-state index >= 15 is 0 Å². The van der Waals surface area contributed by atoms with E-state index in [0.717, 1.165) is 17.4 Å². The van der Waals surface area contributed by atoms with E-state index in [1.807, 2.05) is 32.0 Å². The lowest BCUT2D eigenvalue weighted by Gasteiger charge is -2.08. The van der Waals surface area contributed by atoms with Gasteiger partial charge in [-0.25, -0.2) is 13.1 Å². The maximum absolute atomic E-state index is 10.9. The SMILES string of the molecule is Cc1cccc(CNS(C)(=O)=O)c1C. The average molecular weight is 213 g/mol. The molecule has 78 valence electrons. The van der Waals surface area contributed by atoms with Gasteiger partial charge in [0.2, 0.25) is 10.0 Å². The summed E-state index contributed by atoms with van der Waals surface area (Å²) in [5.41, 5.74) is 3.34. The molecule has 0 atom stereocenters. The number of nitrogens with one attached hydrogen (secondary N) is 1. The fourth-order valence-electron chi connectivity index (χ4n) is 1.21. The Morgan fingerprint density at radius 1 is 1.29 bits per heavy atom. The Labute approximate surface area is 85.2 Å². The van der Waals surface area contributed by atoms with Crippen molar-refractivity contribution in [2.45, 2.75) is 20.4 Å². The number of sulfonamides is 1. The molecular formula is C10H15NO2S. The number of hydrogen-bond donors (Lipinski definition) is 1. The zero-order chi connectivity index (χ0) is 10.8. The summed E-state index contributed by atoms with van der Waals surface area (Å²) in [6, 6.07) is 5.88. The standard InChI is InChI=1S/C10H15NO2S/c1-8-5-4-6-10(9(8)2)7-11-14(3,12)13/h4-6,11H,7H2,1-3H3. The molecule has 1 N–H and O–H groups in total. The van der Waals surface area contributed by atoms with Gasteiger partial charge in [0.15, 0.2) is 0 Å². The summed E-state index contributed by atoms with van der Waals surface area (Å²) >= 11 is 0. The Morgan fingerprint density at radius 2 is 1.93 bits per heavy atom. The van der Waals surface area contributed by atoms with Gasteiger partial charge >= 0.3 is 0 Å². The minimum Gasteiger partial charge on any atom is -0.213 e. The summed E-state index contributed by atoms with van der Waals surface area (Å²) in [5.74, 6) is 0. The highest BCUT2D eigenvalue weighted by atomic mass is 32.2. The first-order chi connectivity index (χ1) is 6.40. The van der Waals surface area contributed by atoms with Crippen LogP contribution in [0.2, 0.25) is 0 Å². The highest BCUT2D eigenvalue weighted by Crippen LogP contribution is 2.12. The third kappa shape index (κ3) is 3.12. The second kappa shape index (κ2) is 4.11. The monoisotopic (exact) mass is 213 g/mol. The summed E-state index contributed by atoms with van der Waals surface area (Å²) in [4.78, 5) is 0. The Kier molecular flexibility index (Phi) is 3.29. The van der Waals surface area contributed by atoms with Gasteiger partial charge in [-0.3, -0.25) is 0 Å². The van der Waals surface area contributed by atoms with Crippen molar-refractivity contribution in [2.24, 2.45) is 0 Å². The Balaban J connectivity index is 2.83. The minimum atomic E-state index is -3.10. The van der Waals surface area contributed by atoms with E-state index in [1.54, 1.807) is 0 Å². The van der Waals surface area contributed by atoms with Gasteiger partial charge in [0, 0.05) is 6.54 Å². The molecule has 0 spiro atoms. The number of benzene rings is 1. The van der Waals surface area contributed by atoms with Crippen molar-refractivity contribution >= 4 is 10.0 Å². The van der Waals surface area contributed by atoms with Gasteiger partial charge in [-0.15, -0.1) is 0 Å². The van der Waals surface area contributed by atoms with Crippen molar-refractivity contribution in [1.82, 2.24) is 4.72 Å². The lowest BCUT2D eigenvalue weighted by Crippen LogP contribution is -2.21. The second-order valence-electron chi connectivity index (χ2n) is 3.45. The molecule has 0 saturated carbocycles. The summed E-state index contributed by atoms with van der Waals surface area (Å²) in [6.07, 6.45) is 1.16. The maximum Gasteiger partial charge on any atom is 0.209 e. The average Bonchev–Trinajstić information content (AvgIpc) is 2.06. The quantitative estimate of drug-likeness (QED) is 0.824. The smallest absolute Gasteiger partial charge is 0.209 e. The zero-order valence-electron chi connectivity index (χ0n) is 8.66. The molecule has 0 aliphatic rings. The Bertz CT molecular complexity index is 424. The molecule has 14 heavy (non-hydrogen) atoms. The van der Waals surface area contributed by atoms with Gasteiger partial charge in [-0.1, -0.05) is 18.2 Å². The van der Waals surface area contributed by atoms with E-state index in [1.165, 1.54) is 5.56 Å². The lowest BCUT2D eigenvalue weighted by molar-refractivity contribution is 0.587. The van der Waals surface area contributed by atoms with Crippen LogP contribution in [0.3, 0.4) is 0 Å². The van der Waals surface area contributed by atoms with Crippen LogP contribution >= 0.6 is 0 Å². The van der Waals surface area contributed by atoms with Gasteiger partial charge < -0.3 is 0 Å². The van der Waals surface area contributed by atoms with E-state index in [2.05, 4.69) is 4.72 Å². The van der Waals surface area contributed by atoms with E-state index in [4.69, 9.17) is 0 Å². The van der Waals surface area contributed by atoms with Crippen molar-refractivity contribution in [3.63, 3.8) is 0 Å². The predicted molar refractivity (Wildman–Crippen MR) is 57.6 cm³/mol. The van der Waals surface area contributed by atoms with E-state index in [-0.39, 0.29) is 0 Å². The highest BCUT2D eigenvalue weighted by Gasteiger charge is 2.04. The molecule has 3 nitrogen and oxygen atoms in total. The van der Waals surface area contributed by atoms with Gasteiger partial charge in [-0.05, 0) is 30.5 Å². The second-order valence-corrected chi connectivity index (χ2v) is 5.29. The van der Waals surface area contributed by atoms with Crippen LogP contribution in [0.4, 0.5) is 0 Å². The van der Waals surface area contributed by atoms with E-state index in [9.17, 15) is 8.42 Å². The first kappa shape index (κ1) is 11.2. The lowest BCUT2D eigenvalue weighted by atomic mass is 10.0. The van der Waals surface area contributed by atoms with Crippen LogP contribution in [-0.4, -0.2) is 14.7 Å². The van der Waals surface area contributed by atoms with Crippen molar-refractivity contribution < 1.29 is 8.42 Å². The maximum atomic E-state index is 10.9. The summed E-state index contributed by atoms with van der Waals surface area (Å²) in [5, 5.41) is 0. The predicted octanol–water partition coefficient (Wildman–Crippen LogP) is 1.35. The number of hydrogen-bond acceptors (Lipinski definition) is 2. The van der Waals surface area contributed by atoms with Crippen LogP contribution in [0.5, 0.6) is 0 Å². The van der Waals surface area contributed by atoms with Crippen LogP contribution in [-0.2, 0) is 16.6 Å². The molecule has 0 aromatic heterocycles. The summed E-state index contributed by atoms with van der Waals surface area (Å²) in [7, 11) is -3.10. The first-order valence-electron chi connectivity index (χ1n) is 4.40. The molecule has 1 aromatic carbocycles. The van der Waals surface area contributed by atoms with E-state index in [0.29, 0.717) is 6.54 Å². The molecule has 0 saturated heterocycles. The molecule has 0 heterocycles. The van der Waals surface area contributed by atoms with Crippen molar-refractivity contribution in [3.8, 4) is 0 Å². The molecule has 0 radical (unpaired) electrons. The van der Waals surface area contributed by atoms with Gasteiger partial charge in [0.1, 0.15) is 0 Å². The molecule has 0 amide bonds. The summed E-state index contributed by atoms with van der Waals surface area (Å²) in [6.45, 7) is 4.38. The van der Waals surface area contributed by atoms with Crippen LogP contribution in [0, 0.1) is 13.8 Å². The van der Waals surface area contributed by atoms with Crippen molar-refractivity contribution in [3.05, 3.63) is 34.9 Å². The van der Waals surface area contributed by atoms with Gasteiger partial charge in [0.05, 0.1) is 6.26 Å². The molecule has 1 rings (SSSR count). The van der Waals surface area contributed by atoms with Crippen LogP contribution in [0.1, 0.15) is 16.7 Å². The fourth-order valence-corrected chi connectivity index (χ4v) is 1.63. The third-order valence-corrected chi connectivity index (χ3v) is 2.91. The van der Waals surface area contributed by atoms with Crippen LogP contribution < -0.4 is 4.72 Å². The molecular weight excluding hydrogens is 198 g/mol. The summed E-state index contributed by atoms with van der Waals surface area (Å²) < 4.78 is 24.3. The van der Waals surface area contributed by atoms with Crippen molar-refractivity contribution in [1.29, 1.82) is 0 Å². The highest BCUT2D eigenvalue weighted by molar-refractivity contribution is 7.88.